The molecule has 0 unspecified atom stereocenters. The van der Waals surface area contributed by atoms with E-state index >= 15 is 0 Å². The molecule has 3 heteroatoms. The van der Waals surface area contributed by atoms with Gasteiger partial charge in [0.05, 0.1) is 6.10 Å². The van der Waals surface area contributed by atoms with E-state index in [4.69, 9.17) is 23.2 Å². The second-order valence-electron chi connectivity index (χ2n) is 2.59. The van der Waals surface area contributed by atoms with Crippen molar-refractivity contribution in [3.8, 4) is 0 Å². The van der Waals surface area contributed by atoms with Gasteiger partial charge >= 0.3 is 0 Å². The third-order valence-corrected chi connectivity index (χ3v) is 2.27. The normalized spacial score (nSPS) is 13.0. The molecule has 0 heterocycles. The highest BCUT2D eigenvalue weighted by atomic mass is 35.5. The fourth-order valence-corrected chi connectivity index (χ4v) is 1.53. The maximum Gasteiger partial charge on any atom is 0.0801 e. The Labute approximate surface area is 81.9 Å². The molecule has 1 N–H and O–H groups in total. The summed E-state index contributed by atoms with van der Waals surface area (Å²) in [5.74, 6) is 0. The molecule has 0 amide bonds. The van der Waals surface area contributed by atoms with Crippen LogP contribution in [-0.2, 0) is 0 Å². The summed E-state index contributed by atoms with van der Waals surface area (Å²) in [5, 5.41) is 10.6. The Morgan fingerprint density at radius 1 is 1.42 bits per heavy atom. The number of benzene rings is 1. The van der Waals surface area contributed by atoms with Gasteiger partial charge in [0.1, 0.15) is 0 Å². The maximum absolute atomic E-state index is 9.47. The second kappa shape index (κ2) is 4.13. The third kappa shape index (κ3) is 2.13. The topological polar surface area (TPSA) is 20.2 Å². The second-order valence-corrected chi connectivity index (χ2v) is 3.43. The Morgan fingerprint density at radius 2 is 2.08 bits per heavy atom. The van der Waals surface area contributed by atoms with Crippen molar-refractivity contribution >= 4 is 23.2 Å². The number of aliphatic hydroxyl groups is 1. The van der Waals surface area contributed by atoms with Crippen LogP contribution in [0.4, 0.5) is 0 Å². The molecule has 1 rings (SSSR count). The molecule has 12 heavy (non-hydrogen) atoms. The highest BCUT2D eigenvalue weighted by molar-refractivity contribution is 6.35. The lowest BCUT2D eigenvalue weighted by Crippen LogP contribution is -1.95. The molecule has 66 valence electrons. The van der Waals surface area contributed by atoms with Crippen LogP contribution >= 0.6 is 23.2 Å². The van der Waals surface area contributed by atoms with Crippen LogP contribution in [0.3, 0.4) is 0 Å². The van der Waals surface area contributed by atoms with Gasteiger partial charge in [-0.3, -0.25) is 0 Å². The molecule has 0 aliphatic heterocycles. The fourth-order valence-electron chi connectivity index (χ4n) is 0.992. The molecule has 0 radical (unpaired) electrons. The van der Waals surface area contributed by atoms with Crippen molar-refractivity contribution in [2.75, 3.05) is 0 Å². The molecule has 0 aromatic heterocycles. The van der Waals surface area contributed by atoms with E-state index in [9.17, 15) is 5.11 Å². The smallest absolute Gasteiger partial charge is 0.0801 e. The highest BCUT2D eigenvalue weighted by Crippen LogP contribution is 2.27. The number of aliphatic hydroxyl groups excluding tert-OH is 1. The van der Waals surface area contributed by atoms with Gasteiger partial charge in [0.15, 0.2) is 0 Å². The van der Waals surface area contributed by atoms with Crippen LogP contribution in [-0.4, -0.2) is 5.11 Å². The van der Waals surface area contributed by atoms with Crippen LogP contribution in [0.25, 0.3) is 0 Å². The average molecular weight is 205 g/mol. The van der Waals surface area contributed by atoms with E-state index in [-0.39, 0.29) is 0 Å². The zero-order valence-electron chi connectivity index (χ0n) is 6.72. The molecule has 0 saturated heterocycles. The Morgan fingerprint density at radius 3 is 2.58 bits per heavy atom. The zero-order valence-corrected chi connectivity index (χ0v) is 8.23. The van der Waals surface area contributed by atoms with Gasteiger partial charge in [-0.25, -0.2) is 0 Å². The van der Waals surface area contributed by atoms with E-state index < -0.39 is 6.10 Å². The van der Waals surface area contributed by atoms with Crippen LogP contribution < -0.4 is 0 Å². The first-order valence-electron chi connectivity index (χ1n) is 3.78. The van der Waals surface area contributed by atoms with Gasteiger partial charge < -0.3 is 5.11 Å². The van der Waals surface area contributed by atoms with Crippen LogP contribution in [0.15, 0.2) is 18.2 Å². The first-order chi connectivity index (χ1) is 5.65. The van der Waals surface area contributed by atoms with Crippen LogP contribution in [0.1, 0.15) is 25.0 Å². The molecule has 0 fully saturated rings. The molecule has 1 atom stereocenters. The molecule has 0 aliphatic carbocycles. The number of halogens is 2. The van der Waals surface area contributed by atoms with E-state index in [1.54, 1.807) is 18.2 Å². The highest BCUT2D eigenvalue weighted by Gasteiger charge is 2.08. The maximum atomic E-state index is 9.47. The van der Waals surface area contributed by atoms with Crippen LogP contribution in [0.2, 0.25) is 10.0 Å². The van der Waals surface area contributed by atoms with Gasteiger partial charge in [0, 0.05) is 10.0 Å². The molecular formula is C9H10Cl2O. The van der Waals surface area contributed by atoms with E-state index in [1.165, 1.54) is 0 Å². The van der Waals surface area contributed by atoms with Gasteiger partial charge in [0.2, 0.25) is 0 Å². The van der Waals surface area contributed by atoms with Crippen molar-refractivity contribution < 1.29 is 5.11 Å². The molecule has 1 nitrogen and oxygen atoms in total. The van der Waals surface area contributed by atoms with E-state index in [1.807, 2.05) is 6.92 Å². The number of rotatable bonds is 2. The fraction of sp³-hybridized carbons (Fsp3) is 0.333. The SMILES string of the molecule is CC[C@H](O)c1ccc(Cl)cc1Cl. The van der Waals surface area contributed by atoms with Gasteiger partial charge in [-0.1, -0.05) is 36.2 Å². The first-order valence-corrected chi connectivity index (χ1v) is 4.53. The van der Waals surface area contributed by atoms with Gasteiger partial charge in [-0.15, -0.1) is 0 Å². The Balaban J connectivity index is 3.01. The zero-order chi connectivity index (χ0) is 9.14. The summed E-state index contributed by atoms with van der Waals surface area (Å²) in [4.78, 5) is 0. The Bertz CT molecular complexity index is 273. The molecule has 0 aliphatic rings. The minimum Gasteiger partial charge on any atom is -0.388 e. The molecule has 0 spiro atoms. The Kier molecular flexibility index (Phi) is 3.39. The van der Waals surface area contributed by atoms with E-state index in [0.29, 0.717) is 16.5 Å². The summed E-state index contributed by atoms with van der Waals surface area (Å²) in [6.45, 7) is 1.90. The minimum atomic E-state index is -0.491. The van der Waals surface area contributed by atoms with Gasteiger partial charge in [0.25, 0.3) is 0 Å². The van der Waals surface area contributed by atoms with Crippen molar-refractivity contribution in [1.82, 2.24) is 0 Å². The van der Waals surface area contributed by atoms with Crippen molar-refractivity contribution in [2.45, 2.75) is 19.4 Å². The van der Waals surface area contributed by atoms with E-state index in [0.717, 1.165) is 5.56 Å². The van der Waals surface area contributed by atoms with Crippen molar-refractivity contribution in [3.63, 3.8) is 0 Å². The van der Waals surface area contributed by atoms with Crippen molar-refractivity contribution in [2.24, 2.45) is 0 Å². The monoisotopic (exact) mass is 204 g/mol. The van der Waals surface area contributed by atoms with Crippen molar-refractivity contribution in [3.05, 3.63) is 33.8 Å². The minimum absolute atomic E-state index is 0.491. The van der Waals surface area contributed by atoms with Crippen molar-refractivity contribution in [1.29, 1.82) is 0 Å². The summed E-state index contributed by atoms with van der Waals surface area (Å²) in [5.41, 5.74) is 0.739. The van der Waals surface area contributed by atoms with Crippen LogP contribution in [0, 0.1) is 0 Å². The summed E-state index contributed by atoms with van der Waals surface area (Å²) < 4.78 is 0. The molecule has 0 bridgehead atoms. The quantitative estimate of drug-likeness (QED) is 0.783. The predicted octanol–water partition coefficient (Wildman–Crippen LogP) is 3.44. The van der Waals surface area contributed by atoms with E-state index in [2.05, 4.69) is 0 Å². The third-order valence-electron chi connectivity index (χ3n) is 1.71. The lowest BCUT2D eigenvalue weighted by molar-refractivity contribution is 0.174. The molecular weight excluding hydrogens is 195 g/mol. The molecule has 0 saturated carbocycles. The molecule has 1 aromatic rings. The number of hydrogen-bond acceptors (Lipinski definition) is 1. The summed E-state index contributed by atoms with van der Waals surface area (Å²) >= 11 is 11.6. The largest absolute Gasteiger partial charge is 0.388 e. The Hall–Kier alpha value is -0.240. The first kappa shape index (κ1) is 9.85. The van der Waals surface area contributed by atoms with Gasteiger partial charge in [-0.05, 0) is 24.1 Å². The summed E-state index contributed by atoms with van der Waals surface area (Å²) in [7, 11) is 0. The summed E-state index contributed by atoms with van der Waals surface area (Å²) in [6.07, 6.45) is 0.163. The lowest BCUT2D eigenvalue weighted by Gasteiger charge is -2.09. The lowest BCUT2D eigenvalue weighted by atomic mass is 10.1. The number of hydrogen-bond donors (Lipinski definition) is 1. The van der Waals surface area contributed by atoms with Gasteiger partial charge in [-0.2, -0.15) is 0 Å². The standard InChI is InChI=1S/C9H10Cl2O/c1-2-9(12)7-4-3-6(10)5-8(7)11/h3-5,9,12H,2H2,1H3/t9-/m0/s1. The van der Waals surface area contributed by atoms with Crippen LogP contribution in [0.5, 0.6) is 0 Å². The predicted molar refractivity (Wildman–Crippen MR) is 51.7 cm³/mol. The summed E-state index contributed by atoms with van der Waals surface area (Å²) in [6, 6.07) is 5.11. The average Bonchev–Trinajstić information content (AvgIpc) is 2.03. The molecule has 1 aromatic carbocycles.